The molecule has 0 saturated heterocycles. The first-order chi connectivity index (χ1) is 16.5. The predicted molar refractivity (Wildman–Crippen MR) is 131 cm³/mol. The maximum absolute atomic E-state index is 13.2. The van der Waals surface area contributed by atoms with Gasteiger partial charge in [0.05, 0.1) is 17.1 Å². The zero-order valence-corrected chi connectivity index (χ0v) is 20.5. The normalized spacial score (nSPS) is 11.5. The monoisotopic (exact) mass is 494 g/mol. The average Bonchev–Trinajstić information content (AvgIpc) is 2.81. The van der Waals surface area contributed by atoms with Gasteiger partial charge in [0.2, 0.25) is 0 Å². The minimum atomic E-state index is -1.22. The fourth-order valence-electron chi connectivity index (χ4n) is 3.53. The third-order valence-corrected chi connectivity index (χ3v) is 5.72. The first-order valence-electron chi connectivity index (χ1n) is 10.9. The summed E-state index contributed by atoms with van der Waals surface area (Å²) in [6, 6.07) is 11.0. The van der Waals surface area contributed by atoms with Crippen LogP contribution in [0.1, 0.15) is 36.5 Å². The summed E-state index contributed by atoms with van der Waals surface area (Å²) in [4.78, 5) is 26.3. The van der Waals surface area contributed by atoms with Crippen LogP contribution in [0.25, 0.3) is 17.1 Å². The van der Waals surface area contributed by atoms with Crippen molar-refractivity contribution in [1.82, 2.24) is 19.5 Å². The number of aryl methyl sites for hydroxylation is 2. The van der Waals surface area contributed by atoms with Crippen LogP contribution in [0.3, 0.4) is 0 Å². The molecule has 1 N–H and O–H groups in total. The Bertz CT molecular complexity index is 1450. The molecule has 35 heavy (non-hydrogen) atoms. The van der Waals surface area contributed by atoms with Gasteiger partial charge in [-0.2, -0.15) is 0 Å². The Morgan fingerprint density at radius 2 is 1.83 bits per heavy atom. The number of aliphatic hydroxyl groups is 1. The van der Waals surface area contributed by atoms with Crippen LogP contribution in [0.2, 0.25) is 5.02 Å². The molecular weight excluding hydrogens is 471 g/mol. The highest BCUT2D eigenvalue weighted by Crippen LogP contribution is 2.27. The molecule has 0 bridgehead atoms. The average molecular weight is 495 g/mol. The lowest BCUT2D eigenvalue weighted by molar-refractivity contribution is 0.0688. The second-order valence-electron chi connectivity index (χ2n) is 8.70. The summed E-state index contributed by atoms with van der Waals surface area (Å²) in [5.74, 6) is 0.172. The van der Waals surface area contributed by atoms with Crippen LogP contribution >= 0.6 is 11.6 Å². The van der Waals surface area contributed by atoms with Gasteiger partial charge in [-0.3, -0.25) is 14.3 Å². The molecule has 0 saturated carbocycles. The van der Waals surface area contributed by atoms with Crippen molar-refractivity contribution in [2.45, 2.75) is 39.9 Å². The van der Waals surface area contributed by atoms with E-state index >= 15 is 0 Å². The lowest BCUT2D eigenvalue weighted by atomic mass is 10.1. The molecule has 3 heterocycles. The number of aromatic nitrogens is 4. The van der Waals surface area contributed by atoms with Crippen LogP contribution < -0.4 is 10.3 Å². The van der Waals surface area contributed by atoms with Crippen molar-refractivity contribution in [3.63, 3.8) is 0 Å². The van der Waals surface area contributed by atoms with E-state index in [1.54, 1.807) is 63.5 Å². The molecule has 0 amide bonds. The van der Waals surface area contributed by atoms with Gasteiger partial charge in [-0.25, -0.2) is 14.4 Å². The summed E-state index contributed by atoms with van der Waals surface area (Å²) >= 11 is 6.38. The van der Waals surface area contributed by atoms with Gasteiger partial charge in [-0.15, -0.1) is 0 Å². The van der Waals surface area contributed by atoms with Crippen LogP contribution in [0, 0.1) is 19.7 Å². The molecule has 180 valence electrons. The Labute approximate surface area is 206 Å². The molecule has 7 nitrogen and oxygen atoms in total. The zero-order chi connectivity index (χ0) is 25.3. The van der Waals surface area contributed by atoms with Crippen molar-refractivity contribution < 1.29 is 14.2 Å². The van der Waals surface area contributed by atoms with Gasteiger partial charge in [-0.1, -0.05) is 23.7 Å². The summed E-state index contributed by atoms with van der Waals surface area (Å²) in [7, 11) is 0. The summed E-state index contributed by atoms with van der Waals surface area (Å²) in [5, 5.41) is 10.2. The highest BCUT2D eigenvalue weighted by molar-refractivity contribution is 6.31. The minimum Gasteiger partial charge on any atom is -0.487 e. The van der Waals surface area contributed by atoms with Crippen molar-refractivity contribution in [2.75, 3.05) is 0 Å². The lowest BCUT2D eigenvalue weighted by Crippen LogP contribution is -2.22. The quantitative estimate of drug-likeness (QED) is 0.410. The Morgan fingerprint density at radius 1 is 1.11 bits per heavy atom. The molecular formula is C26H24ClFN4O3. The molecule has 0 aliphatic heterocycles. The minimum absolute atomic E-state index is 0.0707. The number of ether oxygens (including phenoxy) is 1. The van der Waals surface area contributed by atoms with E-state index in [9.17, 15) is 14.3 Å². The third-order valence-electron chi connectivity index (χ3n) is 5.37. The van der Waals surface area contributed by atoms with Crippen LogP contribution in [-0.2, 0) is 12.2 Å². The van der Waals surface area contributed by atoms with Gasteiger partial charge < -0.3 is 9.84 Å². The molecule has 0 aliphatic carbocycles. The van der Waals surface area contributed by atoms with Crippen molar-refractivity contribution in [2.24, 2.45) is 0 Å². The Balaban J connectivity index is 1.70. The molecule has 0 aliphatic rings. The lowest BCUT2D eigenvalue weighted by Gasteiger charge is -2.17. The van der Waals surface area contributed by atoms with E-state index < -0.39 is 11.2 Å². The third kappa shape index (κ3) is 5.23. The molecule has 0 spiro atoms. The van der Waals surface area contributed by atoms with Gasteiger partial charge >= 0.3 is 0 Å². The predicted octanol–water partition coefficient (Wildman–Crippen LogP) is 4.91. The van der Waals surface area contributed by atoms with Gasteiger partial charge in [0.1, 0.15) is 28.8 Å². The Kier molecular flexibility index (Phi) is 6.69. The fourth-order valence-corrected chi connectivity index (χ4v) is 3.73. The standard InChI is InChI=1S/C26H24ClFN4O3/c1-15-13-30-25(26(3,4)34)31-23(15)20-12-19(9-10-29-20)32-16(2)11-21(22(27)24(32)33)35-14-17-5-7-18(28)8-6-17/h5-13,34H,14H2,1-4H3. The number of hydrogen-bond acceptors (Lipinski definition) is 6. The number of benzene rings is 1. The van der Waals surface area contributed by atoms with E-state index in [1.165, 1.54) is 16.7 Å². The number of rotatable bonds is 6. The van der Waals surface area contributed by atoms with Crippen LogP contribution in [-0.4, -0.2) is 24.6 Å². The maximum Gasteiger partial charge on any atom is 0.277 e. The Hall–Kier alpha value is -3.62. The van der Waals surface area contributed by atoms with E-state index in [1.807, 2.05) is 6.92 Å². The van der Waals surface area contributed by atoms with E-state index in [0.717, 1.165) is 11.1 Å². The van der Waals surface area contributed by atoms with Crippen LogP contribution in [0.4, 0.5) is 4.39 Å². The zero-order valence-electron chi connectivity index (χ0n) is 19.7. The van der Waals surface area contributed by atoms with E-state index in [0.29, 0.717) is 22.8 Å². The van der Waals surface area contributed by atoms with Gasteiger partial charge in [-0.05, 0) is 63.1 Å². The largest absolute Gasteiger partial charge is 0.487 e. The number of nitrogens with zero attached hydrogens (tertiary/aromatic N) is 4. The van der Waals surface area contributed by atoms with E-state index in [-0.39, 0.29) is 29.0 Å². The number of halogens is 2. The molecule has 3 aromatic heterocycles. The van der Waals surface area contributed by atoms with Gasteiger partial charge in [0.25, 0.3) is 5.56 Å². The van der Waals surface area contributed by atoms with Gasteiger partial charge in [0.15, 0.2) is 5.82 Å². The van der Waals surface area contributed by atoms with E-state index in [2.05, 4.69) is 15.0 Å². The summed E-state index contributed by atoms with van der Waals surface area (Å²) in [6.45, 7) is 6.97. The summed E-state index contributed by atoms with van der Waals surface area (Å²) in [6.07, 6.45) is 3.21. The second kappa shape index (κ2) is 9.56. The molecule has 0 radical (unpaired) electrons. The first-order valence-corrected chi connectivity index (χ1v) is 11.2. The van der Waals surface area contributed by atoms with Crippen LogP contribution in [0.5, 0.6) is 5.75 Å². The highest BCUT2D eigenvalue weighted by atomic mass is 35.5. The number of pyridine rings is 2. The van der Waals surface area contributed by atoms with Crippen molar-refractivity contribution in [1.29, 1.82) is 0 Å². The van der Waals surface area contributed by atoms with Gasteiger partial charge in [0, 0.05) is 24.2 Å². The summed E-state index contributed by atoms with van der Waals surface area (Å²) < 4.78 is 20.3. The fraction of sp³-hybridized carbons (Fsp3) is 0.231. The molecule has 0 atom stereocenters. The van der Waals surface area contributed by atoms with Crippen molar-refractivity contribution >= 4 is 11.6 Å². The molecule has 1 aromatic carbocycles. The summed E-state index contributed by atoms with van der Waals surface area (Å²) in [5.41, 5.74) is 2.07. The SMILES string of the molecule is Cc1cnc(C(C)(C)O)nc1-c1cc(-n2c(C)cc(OCc3ccc(F)cc3)c(Cl)c2=O)ccn1. The molecule has 4 aromatic rings. The van der Waals surface area contributed by atoms with Crippen molar-refractivity contribution in [3.05, 3.63) is 98.7 Å². The molecule has 0 fully saturated rings. The molecule has 9 heteroatoms. The smallest absolute Gasteiger partial charge is 0.277 e. The van der Waals surface area contributed by atoms with Crippen molar-refractivity contribution in [3.8, 4) is 22.8 Å². The van der Waals surface area contributed by atoms with E-state index in [4.69, 9.17) is 16.3 Å². The molecule has 4 rings (SSSR count). The topological polar surface area (TPSA) is 90.1 Å². The first kappa shape index (κ1) is 24.5. The van der Waals surface area contributed by atoms with Crippen LogP contribution in [0.15, 0.2) is 59.7 Å². The second-order valence-corrected chi connectivity index (χ2v) is 9.08. The number of hydrogen-bond donors (Lipinski definition) is 1. The highest BCUT2D eigenvalue weighted by Gasteiger charge is 2.22. The molecule has 0 unspecified atom stereocenters. The Morgan fingerprint density at radius 3 is 2.51 bits per heavy atom. The maximum atomic E-state index is 13.2.